The number of carbonyl (C=O) groups excluding carboxylic acids is 1. The van der Waals surface area contributed by atoms with Gasteiger partial charge in [-0.25, -0.2) is 4.79 Å². The Labute approximate surface area is 156 Å². The Morgan fingerprint density at radius 3 is 2.78 bits per heavy atom. The summed E-state index contributed by atoms with van der Waals surface area (Å²) < 4.78 is 6.81. The van der Waals surface area contributed by atoms with E-state index in [-0.39, 0.29) is 5.69 Å². The molecule has 140 valence electrons. The lowest BCUT2D eigenvalue weighted by molar-refractivity contribution is -0.384. The van der Waals surface area contributed by atoms with Gasteiger partial charge in [-0.05, 0) is 25.3 Å². The summed E-state index contributed by atoms with van der Waals surface area (Å²) in [6.07, 6.45) is 2.11. The molecular weight excluding hydrogens is 348 g/mol. The number of esters is 1. The molecule has 1 saturated carbocycles. The first-order valence-electron chi connectivity index (χ1n) is 8.79. The fraction of sp³-hybridized carbons (Fsp3) is 0.368. The smallest absolute Gasteiger partial charge is 0.336 e. The third kappa shape index (κ3) is 2.77. The van der Waals surface area contributed by atoms with Gasteiger partial charge < -0.3 is 10.1 Å². The van der Waals surface area contributed by atoms with Crippen molar-refractivity contribution in [3.8, 4) is 0 Å². The largest absolute Gasteiger partial charge is 0.466 e. The zero-order chi connectivity index (χ0) is 19.3. The lowest BCUT2D eigenvalue weighted by Gasteiger charge is -2.28. The number of hydrogen-bond acceptors (Lipinski definition) is 6. The summed E-state index contributed by atoms with van der Waals surface area (Å²) >= 11 is 0. The van der Waals surface area contributed by atoms with Crippen LogP contribution in [0.3, 0.4) is 0 Å². The van der Waals surface area contributed by atoms with Crippen LogP contribution in [0.4, 0.5) is 11.5 Å². The molecule has 2 aromatic rings. The van der Waals surface area contributed by atoms with Crippen LogP contribution >= 0.6 is 0 Å². The number of non-ortho nitro benzene ring substituents is 1. The number of fused-ring (bicyclic) bond motifs is 1. The van der Waals surface area contributed by atoms with Gasteiger partial charge in [0.1, 0.15) is 5.82 Å². The highest BCUT2D eigenvalue weighted by atomic mass is 16.6. The molecule has 1 N–H and O–H groups in total. The molecule has 0 spiro atoms. The monoisotopic (exact) mass is 368 g/mol. The van der Waals surface area contributed by atoms with Gasteiger partial charge in [-0.2, -0.15) is 5.10 Å². The van der Waals surface area contributed by atoms with E-state index < -0.39 is 16.8 Å². The number of methoxy groups -OCH3 is 1. The number of ether oxygens (including phenoxy) is 1. The molecule has 0 bridgehead atoms. The van der Waals surface area contributed by atoms with Crippen LogP contribution in [-0.2, 0) is 16.6 Å². The number of anilines is 1. The number of aryl methyl sites for hydroxylation is 1. The van der Waals surface area contributed by atoms with Crippen LogP contribution in [0.1, 0.15) is 48.4 Å². The number of nitrogens with one attached hydrogen (secondary N) is 1. The normalized spacial score (nSPS) is 18.7. The Morgan fingerprint density at radius 1 is 1.41 bits per heavy atom. The molecule has 1 aromatic carbocycles. The van der Waals surface area contributed by atoms with E-state index in [1.54, 1.807) is 10.7 Å². The van der Waals surface area contributed by atoms with Gasteiger partial charge in [0, 0.05) is 42.3 Å². The second kappa shape index (κ2) is 6.22. The first-order chi connectivity index (χ1) is 12.9. The minimum absolute atomic E-state index is 0.00804. The minimum atomic E-state index is -0.460. The standard InChI is InChI=1S/C19H20N4O4/c1-10-14(19(24)27-3)15(12-5-4-6-13(9-12)23(25)26)16-17(11-7-8-11)21-22(2)18(16)20-10/h4-6,9,11,15,20H,7-8H2,1-3H3. The van der Waals surface area contributed by atoms with E-state index in [1.165, 1.54) is 19.2 Å². The van der Waals surface area contributed by atoms with Gasteiger partial charge in [-0.1, -0.05) is 12.1 Å². The van der Waals surface area contributed by atoms with E-state index in [2.05, 4.69) is 10.4 Å². The summed E-state index contributed by atoms with van der Waals surface area (Å²) in [7, 11) is 3.20. The maximum absolute atomic E-state index is 12.6. The van der Waals surface area contributed by atoms with Crippen LogP contribution in [0, 0.1) is 10.1 Å². The Morgan fingerprint density at radius 2 is 2.15 bits per heavy atom. The molecule has 2 heterocycles. The summed E-state index contributed by atoms with van der Waals surface area (Å²) in [4.78, 5) is 23.5. The zero-order valence-electron chi connectivity index (χ0n) is 15.4. The van der Waals surface area contributed by atoms with Gasteiger partial charge in [-0.3, -0.25) is 14.8 Å². The fourth-order valence-electron chi connectivity index (χ4n) is 3.79. The number of benzene rings is 1. The van der Waals surface area contributed by atoms with Gasteiger partial charge in [-0.15, -0.1) is 0 Å². The van der Waals surface area contributed by atoms with E-state index in [0.717, 1.165) is 29.9 Å². The van der Waals surface area contributed by atoms with E-state index in [0.29, 0.717) is 22.8 Å². The van der Waals surface area contributed by atoms with Crippen LogP contribution in [-0.4, -0.2) is 27.8 Å². The molecule has 1 unspecified atom stereocenters. The highest BCUT2D eigenvalue weighted by molar-refractivity contribution is 5.94. The molecule has 0 amide bonds. The lowest BCUT2D eigenvalue weighted by Crippen LogP contribution is -2.24. The van der Waals surface area contributed by atoms with Gasteiger partial charge in [0.25, 0.3) is 5.69 Å². The third-order valence-electron chi connectivity index (χ3n) is 5.18. The second-order valence-electron chi connectivity index (χ2n) is 6.99. The highest BCUT2D eigenvalue weighted by Gasteiger charge is 2.41. The van der Waals surface area contributed by atoms with Crippen molar-refractivity contribution in [3.63, 3.8) is 0 Å². The fourth-order valence-corrected chi connectivity index (χ4v) is 3.79. The van der Waals surface area contributed by atoms with Crippen molar-refractivity contribution in [2.45, 2.75) is 31.6 Å². The Bertz CT molecular complexity index is 988. The number of nitrogens with zero attached hydrogens (tertiary/aromatic N) is 3. The van der Waals surface area contributed by atoms with Gasteiger partial charge in [0.05, 0.1) is 23.3 Å². The molecule has 27 heavy (non-hydrogen) atoms. The Kier molecular flexibility index (Phi) is 3.98. The van der Waals surface area contributed by atoms with Crippen LogP contribution in [0.2, 0.25) is 0 Å². The molecule has 2 aliphatic rings. The molecule has 1 fully saturated rings. The molecule has 1 aromatic heterocycles. The maximum Gasteiger partial charge on any atom is 0.336 e. The first-order valence-corrected chi connectivity index (χ1v) is 8.79. The molecule has 0 radical (unpaired) electrons. The Hall–Kier alpha value is -3.16. The number of hydrogen-bond donors (Lipinski definition) is 1. The number of nitro groups is 1. The van der Waals surface area contributed by atoms with Crippen LogP contribution < -0.4 is 5.32 Å². The van der Waals surface area contributed by atoms with Crippen molar-refractivity contribution < 1.29 is 14.5 Å². The van der Waals surface area contributed by atoms with Crippen molar-refractivity contribution in [2.24, 2.45) is 7.05 Å². The molecular formula is C19H20N4O4. The predicted molar refractivity (Wildman–Crippen MR) is 98.5 cm³/mol. The highest BCUT2D eigenvalue weighted by Crippen LogP contribution is 2.50. The molecule has 4 rings (SSSR count). The molecule has 1 aliphatic carbocycles. The summed E-state index contributed by atoms with van der Waals surface area (Å²) in [6.45, 7) is 1.81. The summed E-state index contributed by atoms with van der Waals surface area (Å²) in [6, 6.07) is 6.43. The van der Waals surface area contributed by atoms with Crippen LogP contribution in [0.15, 0.2) is 35.5 Å². The van der Waals surface area contributed by atoms with Crippen LogP contribution in [0.25, 0.3) is 0 Å². The maximum atomic E-state index is 12.6. The quantitative estimate of drug-likeness (QED) is 0.505. The zero-order valence-corrected chi connectivity index (χ0v) is 15.4. The topological polar surface area (TPSA) is 99.3 Å². The van der Waals surface area contributed by atoms with Gasteiger partial charge in [0.15, 0.2) is 0 Å². The number of rotatable bonds is 4. The minimum Gasteiger partial charge on any atom is -0.466 e. The van der Waals surface area contributed by atoms with Crippen LogP contribution in [0.5, 0.6) is 0 Å². The molecule has 8 heteroatoms. The van der Waals surface area contributed by atoms with E-state index in [4.69, 9.17) is 4.74 Å². The molecule has 8 nitrogen and oxygen atoms in total. The average molecular weight is 368 g/mol. The summed E-state index contributed by atoms with van der Waals surface area (Å²) in [5, 5.41) is 19.2. The molecule has 1 aliphatic heterocycles. The first kappa shape index (κ1) is 17.3. The number of aromatic nitrogens is 2. The van der Waals surface area contributed by atoms with Gasteiger partial charge >= 0.3 is 5.97 Å². The number of carbonyl (C=O) groups is 1. The van der Waals surface area contributed by atoms with Crippen molar-refractivity contribution in [2.75, 3.05) is 12.4 Å². The predicted octanol–water partition coefficient (Wildman–Crippen LogP) is 3.21. The number of nitro benzene ring substituents is 1. The summed E-state index contributed by atoms with van der Waals surface area (Å²) in [5.74, 6) is 0.268. The van der Waals surface area contributed by atoms with Crippen molar-refractivity contribution in [1.29, 1.82) is 0 Å². The Balaban J connectivity index is 1.97. The SMILES string of the molecule is COC(=O)C1=C(C)Nc2c(c(C3CC3)nn2C)C1c1cccc([N+](=O)[O-])c1. The third-order valence-corrected chi connectivity index (χ3v) is 5.18. The van der Waals surface area contributed by atoms with E-state index >= 15 is 0 Å². The number of allylic oxidation sites excluding steroid dienone is 1. The summed E-state index contributed by atoms with van der Waals surface area (Å²) in [5.41, 5.74) is 3.65. The van der Waals surface area contributed by atoms with Crippen molar-refractivity contribution in [3.05, 3.63) is 62.5 Å². The van der Waals surface area contributed by atoms with E-state index in [9.17, 15) is 14.9 Å². The second-order valence-corrected chi connectivity index (χ2v) is 6.99. The molecule has 1 atom stereocenters. The lowest BCUT2D eigenvalue weighted by atomic mass is 9.80. The average Bonchev–Trinajstić information content (AvgIpc) is 3.45. The molecule has 0 saturated heterocycles. The van der Waals surface area contributed by atoms with Gasteiger partial charge in [0.2, 0.25) is 0 Å². The van der Waals surface area contributed by atoms with Crippen molar-refractivity contribution in [1.82, 2.24) is 9.78 Å². The van der Waals surface area contributed by atoms with Crippen molar-refractivity contribution >= 4 is 17.5 Å². The van der Waals surface area contributed by atoms with E-state index in [1.807, 2.05) is 20.0 Å².